The van der Waals surface area contributed by atoms with E-state index in [2.05, 4.69) is 4.98 Å². The summed E-state index contributed by atoms with van der Waals surface area (Å²) in [6.07, 6.45) is 0.159. The van der Waals surface area contributed by atoms with Crippen molar-refractivity contribution < 1.29 is 14.3 Å². The Morgan fingerprint density at radius 2 is 2.06 bits per heavy atom. The summed E-state index contributed by atoms with van der Waals surface area (Å²) in [7, 11) is 1.99. The molecule has 158 valence electrons. The van der Waals surface area contributed by atoms with E-state index in [-0.39, 0.29) is 19.0 Å². The molecule has 7 heteroatoms. The van der Waals surface area contributed by atoms with Crippen LogP contribution in [0.1, 0.15) is 29.6 Å². The average Bonchev–Trinajstić information content (AvgIpc) is 3.28. The molecule has 0 amide bonds. The zero-order chi connectivity index (χ0) is 21.5. The monoisotopic (exact) mass is 416 g/mol. The minimum atomic E-state index is -0.284. The summed E-state index contributed by atoms with van der Waals surface area (Å²) < 4.78 is 15.4. The van der Waals surface area contributed by atoms with Gasteiger partial charge in [-0.1, -0.05) is 18.2 Å². The van der Waals surface area contributed by atoms with Gasteiger partial charge in [0.25, 0.3) is 0 Å². The van der Waals surface area contributed by atoms with Crippen LogP contribution in [0, 0.1) is 6.92 Å². The third kappa shape index (κ3) is 3.36. The molecule has 1 aliphatic rings. The van der Waals surface area contributed by atoms with Gasteiger partial charge in [0, 0.05) is 24.7 Å². The Morgan fingerprint density at radius 1 is 1.23 bits per heavy atom. The number of esters is 1. The molecular weight excluding hydrogens is 392 g/mol. The molecule has 2 aromatic carbocycles. The molecule has 0 fully saturated rings. The number of carbonyl (C=O) groups is 1. The van der Waals surface area contributed by atoms with Crippen LogP contribution in [-0.2, 0) is 42.8 Å². The molecule has 3 heterocycles. The largest absolute Gasteiger partial charge is 0.488 e. The van der Waals surface area contributed by atoms with Crippen molar-refractivity contribution in [3.05, 3.63) is 65.1 Å². The maximum absolute atomic E-state index is 12.7. The van der Waals surface area contributed by atoms with Crippen LogP contribution < -0.4 is 4.74 Å². The van der Waals surface area contributed by atoms with Gasteiger partial charge in [-0.2, -0.15) is 5.10 Å². The molecule has 4 aromatic rings. The van der Waals surface area contributed by atoms with Crippen molar-refractivity contribution in [1.82, 2.24) is 19.3 Å². The molecule has 0 aliphatic carbocycles. The molecule has 5 rings (SSSR count). The van der Waals surface area contributed by atoms with Gasteiger partial charge in [-0.05, 0) is 43.7 Å². The maximum Gasteiger partial charge on any atom is 0.312 e. The van der Waals surface area contributed by atoms with Gasteiger partial charge in [-0.25, -0.2) is 4.98 Å². The molecule has 0 unspecified atom stereocenters. The Morgan fingerprint density at radius 3 is 2.90 bits per heavy atom. The summed E-state index contributed by atoms with van der Waals surface area (Å²) >= 11 is 0. The topological polar surface area (TPSA) is 71.2 Å². The number of fused-ring (bicyclic) bond motifs is 4. The van der Waals surface area contributed by atoms with Gasteiger partial charge in [-0.3, -0.25) is 9.48 Å². The van der Waals surface area contributed by atoms with Gasteiger partial charge < -0.3 is 14.0 Å². The molecule has 0 N–H and O–H groups in total. The van der Waals surface area contributed by atoms with E-state index in [1.165, 1.54) is 0 Å². The highest BCUT2D eigenvalue weighted by Gasteiger charge is 2.26. The highest BCUT2D eigenvalue weighted by molar-refractivity contribution is 5.78. The number of carbonyl (C=O) groups excluding carboxylic acids is 1. The van der Waals surface area contributed by atoms with Gasteiger partial charge >= 0.3 is 5.97 Å². The molecule has 1 aliphatic heterocycles. The minimum absolute atomic E-state index is 0.159. The van der Waals surface area contributed by atoms with Crippen LogP contribution >= 0.6 is 0 Å². The van der Waals surface area contributed by atoms with Crippen LogP contribution in [0.4, 0.5) is 0 Å². The van der Waals surface area contributed by atoms with Crippen molar-refractivity contribution in [2.75, 3.05) is 0 Å². The maximum atomic E-state index is 12.7. The summed E-state index contributed by atoms with van der Waals surface area (Å²) in [6.45, 7) is 5.29. The highest BCUT2D eigenvalue weighted by atomic mass is 16.5. The van der Waals surface area contributed by atoms with Crippen molar-refractivity contribution in [1.29, 1.82) is 0 Å². The molecule has 7 nitrogen and oxygen atoms in total. The number of para-hydroxylation sites is 1. The van der Waals surface area contributed by atoms with E-state index in [0.29, 0.717) is 13.2 Å². The van der Waals surface area contributed by atoms with Gasteiger partial charge in [0.2, 0.25) is 0 Å². The van der Waals surface area contributed by atoms with Crippen LogP contribution in [0.15, 0.2) is 42.5 Å². The third-order valence-electron chi connectivity index (χ3n) is 5.86. The van der Waals surface area contributed by atoms with Gasteiger partial charge in [0.15, 0.2) is 0 Å². The lowest BCUT2D eigenvalue weighted by atomic mass is 10.0. The number of nitrogens with zero attached hydrogens (tertiary/aromatic N) is 4. The Labute approximate surface area is 180 Å². The predicted octanol–water partition coefficient (Wildman–Crippen LogP) is 3.94. The van der Waals surface area contributed by atoms with E-state index < -0.39 is 0 Å². The normalized spacial score (nSPS) is 12.4. The Hall–Kier alpha value is -3.61. The number of aromatic nitrogens is 4. The van der Waals surface area contributed by atoms with E-state index in [9.17, 15) is 4.79 Å². The van der Waals surface area contributed by atoms with E-state index in [1.807, 2.05) is 72.6 Å². The van der Waals surface area contributed by atoms with E-state index >= 15 is 0 Å². The Kier molecular flexibility index (Phi) is 4.73. The second kappa shape index (κ2) is 7.58. The molecule has 0 saturated heterocycles. The van der Waals surface area contributed by atoms with E-state index in [1.54, 1.807) is 0 Å². The molecule has 2 aromatic heterocycles. The zero-order valence-electron chi connectivity index (χ0n) is 17.9. The van der Waals surface area contributed by atoms with Crippen LogP contribution in [-0.4, -0.2) is 25.3 Å². The lowest BCUT2D eigenvalue weighted by molar-refractivity contribution is -0.144. The molecule has 0 bridgehead atoms. The first kappa shape index (κ1) is 19.4. The van der Waals surface area contributed by atoms with E-state index in [0.717, 1.165) is 50.7 Å². The number of hydrogen-bond donors (Lipinski definition) is 0. The highest BCUT2D eigenvalue weighted by Crippen LogP contribution is 2.38. The average molecular weight is 416 g/mol. The van der Waals surface area contributed by atoms with Crippen molar-refractivity contribution >= 4 is 17.0 Å². The molecule has 0 spiro atoms. The van der Waals surface area contributed by atoms with Crippen LogP contribution in [0.5, 0.6) is 5.75 Å². The zero-order valence-corrected chi connectivity index (χ0v) is 17.9. The van der Waals surface area contributed by atoms with Crippen LogP contribution in [0.3, 0.4) is 0 Å². The Bertz CT molecular complexity index is 1300. The van der Waals surface area contributed by atoms with Crippen LogP contribution in [0.2, 0.25) is 0 Å². The number of rotatable bonds is 5. The number of aryl methyl sites for hydroxylation is 3. The fourth-order valence-corrected chi connectivity index (χ4v) is 4.11. The quantitative estimate of drug-likeness (QED) is 0.461. The van der Waals surface area contributed by atoms with E-state index in [4.69, 9.17) is 14.6 Å². The molecule has 31 heavy (non-hydrogen) atoms. The fourth-order valence-electron chi connectivity index (χ4n) is 4.11. The van der Waals surface area contributed by atoms with Gasteiger partial charge in [0.1, 0.15) is 30.5 Å². The molecule has 0 saturated carbocycles. The summed E-state index contributed by atoms with van der Waals surface area (Å²) in [5.74, 6) is 1.49. The minimum Gasteiger partial charge on any atom is -0.488 e. The first-order chi connectivity index (χ1) is 15.0. The first-order valence-electron chi connectivity index (χ1n) is 10.4. The summed E-state index contributed by atoms with van der Waals surface area (Å²) in [5.41, 5.74) is 6.55. The molecule has 0 atom stereocenters. The fraction of sp³-hybridized carbons (Fsp3) is 0.292. The first-order valence-corrected chi connectivity index (χ1v) is 10.4. The van der Waals surface area contributed by atoms with Gasteiger partial charge in [0.05, 0.1) is 23.1 Å². The second-order valence-electron chi connectivity index (χ2n) is 7.75. The summed E-state index contributed by atoms with van der Waals surface area (Å²) in [5, 5.41) is 4.74. The van der Waals surface area contributed by atoms with Crippen molar-refractivity contribution in [2.45, 2.75) is 40.0 Å². The smallest absolute Gasteiger partial charge is 0.312 e. The SMILES string of the molecule is CCn1nc2c(c1CC(=O)OCc1ccc3c(c1)nc(C)n3C)COc1ccccc1-2. The number of ether oxygens (including phenoxy) is 2. The summed E-state index contributed by atoms with van der Waals surface area (Å²) in [4.78, 5) is 17.2. The number of hydrogen-bond acceptors (Lipinski definition) is 5. The lowest BCUT2D eigenvalue weighted by Crippen LogP contribution is -2.15. The summed E-state index contributed by atoms with van der Waals surface area (Å²) in [6, 6.07) is 13.8. The van der Waals surface area contributed by atoms with Crippen molar-refractivity contribution in [3.8, 4) is 17.0 Å². The standard InChI is InChI=1S/C24H24N4O3/c1-4-28-21(18-14-30-22-8-6-5-7-17(22)24(18)26-28)12-23(29)31-13-16-9-10-20-19(11-16)25-15(2)27(20)3/h5-11H,4,12-14H2,1-3H3. The predicted molar refractivity (Wildman–Crippen MR) is 117 cm³/mol. The molecular formula is C24H24N4O3. The van der Waals surface area contributed by atoms with Crippen molar-refractivity contribution in [3.63, 3.8) is 0 Å². The molecule has 0 radical (unpaired) electrons. The Balaban J connectivity index is 1.34. The number of imidazole rings is 1. The second-order valence-corrected chi connectivity index (χ2v) is 7.75. The van der Waals surface area contributed by atoms with Gasteiger partial charge in [-0.15, -0.1) is 0 Å². The van der Waals surface area contributed by atoms with Crippen molar-refractivity contribution in [2.24, 2.45) is 7.05 Å². The number of benzene rings is 2. The van der Waals surface area contributed by atoms with Crippen LogP contribution in [0.25, 0.3) is 22.3 Å². The lowest BCUT2D eigenvalue weighted by Gasteiger charge is -2.17. The third-order valence-corrected chi connectivity index (χ3v) is 5.86.